The first-order chi connectivity index (χ1) is 11.0. The van der Waals surface area contributed by atoms with Gasteiger partial charge in [-0.15, -0.1) is 0 Å². The lowest BCUT2D eigenvalue weighted by Gasteiger charge is -2.10. The van der Waals surface area contributed by atoms with E-state index in [4.69, 9.17) is 0 Å². The molecule has 2 aromatic carbocycles. The third kappa shape index (κ3) is 3.18. The van der Waals surface area contributed by atoms with E-state index in [9.17, 15) is 9.59 Å². The lowest BCUT2D eigenvalue weighted by atomic mass is 10.1. The van der Waals surface area contributed by atoms with E-state index in [2.05, 4.69) is 4.98 Å². The number of hydrogen-bond acceptors (Lipinski definition) is 2. The number of likely N-dealkylation sites (N-methyl/N-ethyl adjacent to an activating group) is 1. The Labute approximate surface area is 134 Å². The van der Waals surface area contributed by atoms with E-state index in [-0.39, 0.29) is 11.6 Å². The zero-order valence-electron chi connectivity index (χ0n) is 13.2. The summed E-state index contributed by atoms with van der Waals surface area (Å²) < 4.78 is 1.72. The third-order valence-electron chi connectivity index (χ3n) is 3.90. The maximum absolute atomic E-state index is 12.1. The van der Waals surface area contributed by atoms with Crippen molar-refractivity contribution in [3.05, 3.63) is 70.1 Å². The number of fused-ring (bicyclic) bond motifs is 1. The summed E-state index contributed by atoms with van der Waals surface area (Å²) in [4.78, 5) is 28.2. The van der Waals surface area contributed by atoms with Crippen LogP contribution in [0.25, 0.3) is 11.0 Å². The van der Waals surface area contributed by atoms with Gasteiger partial charge in [0, 0.05) is 14.1 Å². The van der Waals surface area contributed by atoms with Crippen LogP contribution in [0.5, 0.6) is 0 Å². The molecule has 1 N–H and O–H groups in total. The van der Waals surface area contributed by atoms with E-state index < -0.39 is 0 Å². The summed E-state index contributed by atoms with van der Waals surface area (Å²) >= 11 is 0. The highest BCUT2D eigenvalue weighted by Gasteiger charge is 2.08. The molecule has 0 radical (unpaired) electrons. The first kappa shape index (κ1) is 15.1. The van der Waals surface area contributed by atoms with Crippen molar-refractivity contribution in [2.24, 2.45) is 0 Å². The number of nitrogens with zero attached hydrogens (tertiary/aromatic N) is 2. The molecule has 3 rings (SSSR count). The number of benzene rings is 2. The molecular weight excluding hydrogens is 290 g/mol. The second-order valence-corrected chi connectivity index (χ2v) is 5.81. The SMILES string of the molecule is CN(C)C(=O)Cc1ccc(Cn2c(=O)[nH]c3ccccc32)cc1. The Hall–Kier alpha value is -2.82. The maximum atomic E-state index is 12.1. The van der Waals surface area contributed by atoms with Crippen LogP contribution in [0.1, 0.15) is 11.1 Å². The van der Waals surface area contributed by atoms with Crippen LogP contribution >= 0.6 is 0 Å². The van der Waals surface area contributed by atoms with Gasteiger partial charge in [0.05, 0.1) is 24.0 Å². The number of imidazole rings is 1. The molecule has 0 saturated heterocycles. The third-order valence-corrected chi connectivity index (χ3v) is 3.90. The number of rotatable bonds is 4. The zero-order chi connectivity index (χ0) is 16.4. The molecule has 3 aromatic rings. The van der Waals surface area contributed by atoms with Crippen LogP contribution in [-0.2, 0) is 17.8 Å². The predicted molar refractivity (Wildman–Crippen MR) is 90.5 cm³/mol. The molecular formula is C18H19N3O2. The van der Waals surface area contributed by atoms with Crippen molar-refractivity contribution >= 4 is 16.9 Å². The number of nitrogens with one attached hydrogen (secondary N) is 1. The number of carbonyl (C=O) groups is 1. The summed E-state index contributed by atoms with van der Waals surface area (Å²) in [7, 11) is 3.50. The zero-order valence-corrected chi connectivity index (χ0v) is 13.2. The number of para-hydroxylation sites is 2. The molecule has 0 saturated carbocycles. The van der Waals surface area contributed by atoms with Crippen molar-refractivity contribution in [2.75, 3.05) is 14.1 Å². The summed E-state index contributed by atoms with van der Waals surface area (Å²) in [6, 6.07) is 15.5. The Morgan fingerprint density at radius 3 is 2.39 bits per heavy atom. The molecule has 23 heavy (non-hydrogen) atoms. The Morgan fingerprint density at radius 1 is 1.04 bits per heavy atom. The highest BCUT2D eigenvalue weighted by atomic mass is 16.2. The predicted octanol–water partition coefficient (Wildman–Crippen LogP) is 2.01. The van der Waals surface area contributed by atoms with Gasteiger partial charge in [-0.2, -0.15) is 0 Å². The number of carbonyl (C=O) groups excluding carboxylic acids is 1. The van der Waals surface area contributed by atoms with Crippen LogP contribution in [0.4, 0.5) is 0 Å². The van der Waals surface area contributed by atoms with Crippen LogP contribution in [-0.4, -0.2) is 34.5 Å². The minimum Gasteiger partial charge on any atom is -0.349 e. The molecule has 0 atom stereocenters. The van der Waals surface area contributed by atoms with E-state index in [1.807, 2.05) is 48.5 Å². The molecule has 1 heterocycles. The maximum Gasteiger partial charge on any atom is 0.326 e. The first-order valence-electron chi connectivity index (χ1n) is 7.50. The van der Waals surface area contributed by atoms with E-state index in [0.717, 1.165) is 22.2 Å². The minimum absolute atomic E-state index is 0.0746. The molecule has 5 nitrogen and oxygen atoms in total. The van der Waals surface area contributed by atoms with Gasteiger partial charge in [0.25, 0.3) is 0 Å². The van der Waals surface area contributed by atoms with Gasteiger partial charge in [-0.1, -0.05) is 36.4 Å². The Kier molecular flexibility index (Phi) is 4.02. The largest absolute Gasteiger partial charge is 0.349 e. The van der Waals surface area contributed by atoms with Gasteiger partial charge in [-0.25, -0.2) is 4.79 Å². The summed E-state index contributed by atoms with van der Waals surface area (Å²) in [5, 5.41) is 0. The molecule has 0 bridgehead atoms. The summed E-state index contributed by atoms with van der Waals surface area (Å²) in [5.74, 6) is 0.0746. The fourth-order valence-corrected chi connectivity index (χ4v) is 2.54. The van der Waals surface area contributed by atoms with Gasteiger partial charge < -0.3 is 9.88 Å². The van der Waals surface area contributed by atoms with E-state index >= 15 is 0 Å². The molecule has 5 heteroatoms. The second-order valence-electron chi connectivity index (χ2n) is 5.81. The van der Waals surface area contributed by atoms with Gasteiger partial charge in [0.1, 0.15) is 0 Å². The first-order valence-corrected chi connectivity index (χ1v) is 7.50. The molecule has 0 aliphatic heterocycles. The molecule has 118 valence electrons. The monoisotopic (exact) mass is 309 g/mol. The molecule has 0 aliphatic rings. The number of aromatic amines is 1. The van der Waals surface area contributed by atoms with Crippen LogP contribution in [0.3, 0.4) is 0 Å². The van der Waals surface area contributed by atoms with Crippen LogP contribution in [0.2, 0.25) is 0 Å². The average Bonchev–Trinajstić information content (AvgIpc) is 2.85. The Bertz CT molecular complexity index is 889. The number of hydrogen-bond donors (Lipinski definition) is 1. The molecule has 0 fully saturated rings. The van der Waals surface area contributed by atoms with Crippen LogP contribution in [0.15, 0.2) is 53.3 Å². The van der Waals surface area contributed by atoms with Crippen molar-refractivity contribution in [1.82, 2.24) is 14.5 Å². The summed E-state index contributed by atoms with van der Waals surface area (Å²) in [5.41, 5.74) is 3.62. The van der Waals surface area contributed by atoms with Crippen molar-refractivity contribution < 1.29 is 4.79 Å². The Balaban J connectivity index is 1.82. The number of amides is 1. The number of aromatic nitrogens is 2. The van der Waals surface area contributed by atoms with Crippen LogP contribution < -0.4 is 5.69 Å². The quantitative estimate of drug-likeness (QED) is 0.801. The molecule has 0 unspecified atom stereocenters. The van der Waals surface area contributed by atoms with Crippen molar-refractivity contribution in [2.45, 2.75) is 13.0 Å². The van der Waals surface area contributed by atoms with E-state index in [1.165, 1.54) is 0 Å². The fraction of sp³-hybridized carbons (Fsp3) is 0.222. The summed E-state index contributed by atoms with van der Waals surface area (Å²) in [6.45, 7) is 0.505. The second kappa shape index (κ2) is 6.12. The molecule has 1 amide bonds. The van der Waals surface area contributed by atoms with Gasteiger partial charge in [-0.3, -0.25) is 9.36 Å². The minimum atomic E-state index is -0.113. The molecule has 1 aromatic heterocycles. The van der Waals surface area contributed by atoms with E-state index in [1.54, 1.807) is 23.6 Å². The average molecular weight is 309 g/mol. The standard InChI is InChI=1S/C18H19N3O2/c1-20(2)17(22)11-13-7-9-14(10-8-13)12-21-16-6-4-3-5-15(16)19-18(21)23/h3-10H,11-12H2,1-2H3,(H,19,23). The van der Waals surface area contributed by atoms with Crippen LogP contribution in [0, 0.1) is 0 Å². The fourth-order valence-electron chi connectivity index (χ4n) is 2.54. The van der Waals surface area contributed by atoms with Crippen molar-refractivity contribution in [3.8, 4) is 0 Å². The van der Waals surface area contributed by atoms with Gasteiger partial charge >= 0.3 is 5.69 Å². The van der Waals surface area contributed by atoms with E-state index in [0.29, 0.717) is 13.0 Å². The highest BCUT2D eigenvalue weighted by molar-refractivity contribution is 5.78. The number of H-pyrrole nitrogens is 1. The van der Waals surface area contributed by atoms with Gasteiger partial charge in [0.2, 0.25) is 5.91 Å². The van der Waals surface area contributed by atoms with Gasteiger partial charge in [0.15, 0.2) is 0 Å². The van der Waals surface area contributed by atoms with Crippen molar-refractivity contribution in [3.63, 3.8) is 0 Å². The Morgan fingerprint density at radius 2 is 1.70 bits per heavy atom. The van der Waals surface area contributed by atoms with Crippen molar-refractivity contribution in [1.29, 1.82) is 0 Å². The normalized spacial score (nSPS) is 10.9. The lowest BCUT2D eigenvalue weighted by molar-refractivity contribution is -0.127. The lowest BCUT2D eigenvalue weighted by Crippen LogP contribution is -2.23. The highest BCUT2D eigenvalue weighted by Crippen LogP contribution is 2.12. The summed E-state index contributed by atoms with van der Waals surface area (Å²) in [6.07, 6.45) is 0.389. The topological polar surface area (TPSA) is 58.1 Å². The molecule has 0 aliphatic carbocycles. The van der Waals surface area contributed by atoms with Gasteiger partial charge in [-0.05, 0) is 23.3 Å². The smallest absolute Gasteiger partial charge is 0.326 e. The molecule has 0 spiro atoms.